The van der Waals surface area contributed by atoms with Gasteiger partial charge in [-0.2, -0.15) is 0 Å². The molecule has 0 saturated carbocycles. The minimum atomic E-state index is -0.673. The standard InChI is InChI=1S/C54H33N3O/c1-2-14-35(15-3-1)53-56-49(31-50(57-53)43-22-12-17-34-13-4-6-18-39(34)43)37-26-28-52-48(30-37)54(45-23-10-8-20-41(45)42-21-9-11-24-46(42)54)47-29-36(25-27-51(47)58-52)44-33-55-32-38-16-5-7-19-40(38)44/h1-33H. The minimum Gasteiger partial charge on any atom is -0.457 e. The predicted octanol–water partition coefficient (Wildman–Crippen LogP) is 13.3. The van der Waals surface area contributed by atoms with Crippen LogP contribution in [0.25, 0.3) is 77.7 Å². The fourth-order valence-electron chi connectivity index (χ4n) is 9.47. The molecule has 4 heteroatoms. The molecule has 8 aromatic carbocycles. The van der Waals surface area contributed by atoms with E-state index in [4.69, 9.17) is 14.7 Å². The van der Waals surface area contributed by atoms with E-state index in [1.165, 1.54) is 27.6 Å². The first-order valence-corrected chi connectivity index (χ1v) is 19.7. The first kappa shape index (κ1) is 32.5. The fraction of sp³-hybridized carbons (Fsp3) is 0.0185. The average Bonchev–Trinajstić information content (AvgIpc) is 3.59. The van der Waals surface area contributed by atoms with Gasteiger partial charge in [0.1, 0.15) is 11.5 Å². The number of hydrogen-bond acceptors (Lipinski definition) is 4. The Morgan fingerprint density at radius 1 is 0.362 bits per heavy atom. The van der Waals surface area contributed by atoms with Gasteiger partial charge in [0.25, 0.3) is 0 Å². The van der Waals surface area contributed by atoms with Gasteiger partial charge in [-0.1, -0.05) is 152 Å². The monoisotopic (exact) mass is 739 g/mol. The van der Waals surface area contributed by atoms with Crippen LogP contribution in [0.5, 0.6) is 11.5 Å². The molecular formula is C54H33N3O. The van der Waals surface area contributed by atoms with Crippen molar-refractivity contribution in [1.82, 2.24) is 15.0 Å². The highest BCUT2D eigenvalue weighted by atomic mass is 16.5. The van der Waals surface area contributed by atoms with Crippen LogP contribution in [0.1, 0.15) is 22.3 Å². The van der Waals surface area contributed by atoms with Crippen molar-refractivity contribution in [2.45, 2.75) is 5.41 Å². The third-order valence-corrected chi connectivity index (χ3v) is 12.0. The maximum atomic E-state index is 6.95. The average molecular weight is 740 g/mol. The van der Waals surface area contributed by atoms with Crippen molar-refractivity contribution in [3.8, 4) is 67.7 Å². The number of hydrogen-bond donors (Lipinski definition) is 0. The number of benzene rings is 8. The third kappa shape index (κ3) is 4.79. The van der Waals surface area contributed by atoms with E-state index >= 15 is 0 Å². The Labute approximate surface area is 335 Å². The second kappa shape index (κ2) is 12.7. The lowest BCUT2D eigenvalue weighted by molar-refractivity contribution is 0.436. The minimum absolute atomic E-state index is 0.673. The van der Waals surface area contributed by atoms with Crippen LogP contribution in [0.2, 0.25) is 0 Å². The molecule has 2 aromatic heterocycles. The maximum Gasteiger partial charge on any atom is 0.160 e. The van der Waals surface area contributed by atoms with Crippen molar-refractivity contribution < 1.29 is 4.74 Å². The predicted molar refractivity (Wildman–Crippen MR) is 234 cm³/mol. The van der Waals surface area contributed by atoms with Gasteiger partial charge in [0.2, 0.25) is 0 Å². The molecule has 58 heavy (non-hydrogen) atoms. The van der Waals surface area contributed by atoms with Crippen molar-refractivity contribution in [1.29, 1.82) is 0 Å². The first-order valence-electron chi connectivity index (χ1n) is 19.7. The molecule has 2 aliphatic rings. The highest BCUT2D eigenvalue weighted by molar-refractivity contribution is 5.98. The quantitative estimate of drug-likeness (QED) is 0.180. The Morgan fingerprint density at radius 2 is 0.931 bits per heavy atom. The smallest absolute Gasteiger partial charge is 0.160 e. The Kier molecular flexibility index (Phi) is 7.11. The maximum absolute atomic E-state index is 6.95. The molecule has 0 unspecified atom stereocenters. The number of pyridine rings is 1. The van der Waals surface area contributed by atoms with Gasteiger partial charge in [0.05, 0.1) is 16.8 Å². The van der Waals surface area contributed by atoms with Gasteiger partial charge < -0.3 is 4.74 Å². The molecule has 1 aliphatic heterocycles. The van der Waals surface area contributed by atoms with Crippen molar-refractivity contribution in [3.63, 3.8) is 0 Å². The van der Waals surface area contributed by atoms with E-state index in [-0.39, 0.29) is 0 Å². The Hall–Kier alpha value is -7.69. The molecule has 0 amide bonds. The largest absolute Gasteiger partial charge is 0.457 e. The summed E-state index contributed by atoms with van der Waals surface area (Å²) in [5.74, 6) is 2.35. The summed E-state index contributed by atoms with van der Waals surface area (Å²) >= 11 is 0. The van der Waals surface area contributed by atoms with Crippen molar-refractivity contribution in [3.05, 3.63) is 223 Å². The van der Waals surface area contributed by atoms with E-state index in [0.717, 1.165) is 78.0 Å². The third-order valence-electron chi connectivity index (χ3n) is 12.0. The number of ether oxygens (including phenoxy) is 1. The molecule has 10 aromatic rings. The van der Waals surface area contributed by atoms with Gasteiger partial charge in [0.15, 0.2) is 5.82 Å². The zero-order chi connectivity index (χ0) is 38.2. The van der Waals surface area contributed by atoms with Gasteiger partial charge in [-0.25, -0.2) is 9.97 Å². The summed E-state index contributed by atoms with van der Waals surface area (Å²) in [5.41, 5.74) is 13.3. The summed E-state index contributed by atoms with van der Waals surface area (Å²) in [6.07, 6.45) is 3.92. The van der Waals surface area contributed by atoms with Gasteiger partial charge in [-0.05, 0) is 80.4 Å². The lowest BCUT2D eigenvalue weighted by atomic mass is 9.65. The van der Waals surface area contributed by atoms with Crippen LogP contribution in [-0.4, -0.2) is 15.0 Å². The molecule has 1 aliphatic carbocycles. The van der Waals surface area contributed by atoms with Gasteiger partial charge >= 0.3 is 0 Å². The summed E-state index contributed by atoms with van der Waals surface area (Å²) < 4.78 is 6.95. The second-order valence-electron chi connectivity index (χ2n) is 15.1. The van der Waals surface area contributed by atoms with E-state index in [0.29, 0.717) is 5.82 Å². The summed E-state index contributed by atoms with van der Waals surface area (Å²) in [6, 6.07) is 66.7. The number of aromatic nitrogens is 3. The molecular weight excluding hydrogens is 707 g/mol. The molecule has 0 atom stereocenters. The van der Waals surface area contributed by atoms with Crippen molar-refractivity contribution in [2.24, 2.45) is 0 Å². The number of nitrogens with zero attached hydrogens (tertiary/aromatic N) is 3. The molecule has 0 saturated heterocycles. The van der Waals surface area contributed by atoms with Crippen LogP contribution in [0.4, 0.5) is 0 Å². The lowest BCUT2D eigenvalue weighted by Gasteiger charge is -2.40. The van der Waals surface area contributed by atoms with Gasteiger partial charge in [-0.15, -0.1) is 0 Å². The SMILES string of the molecule is c1ccc(-c2nc(-c3ccc4c(c3)C3(c5cc(-c6cncc7ccccc67)ccc5O4)c4ccccc4-c4ccccc43)cc(-c3cccc4ccccc34)n2)cc1. The zero-order valence-electron chi connectivity index (χ0n) is 31.3. The van der Waals surface area contributed by atoms with Crippen LogP contribution >= 0.6 is 0 Å². The summed E-state index contributed by atoms with van der Waals surface area (Å²) in [7, 11) is 0. The van der Waals surface area contributed by atoms with Crippen LogP contribution in [0, 0.1) is 0 Å². The Morgan fingerprint density at radius 3 is 1.69 bits per heavy atom. The fourth-order valence-corrected chi connectivity index (χ4v) is 9.47. The molecule has 1 spiro atoms. The van der Waals surface area contributed by atoms with Crippen molar-refractivity contribution in [2.75, 3.05) is 0 Å². The van der Waals surface area contributed by atoms with Crippen LogP contribution in [0.15, 0.2) is 200 Å². The van der Waals surface area contributed by atoms with Gasteiger partial charge in [0, 0.05) is 51.2 Å². The molecule has 3 heterocycles. The normalized spacial score (nSPS) is 13.1. The summed E-state index contributed by atoms with van der Waals surface area (Å²) in [6.45, 7) is 0. The van der Waals surface area contributed by atoms with Crippen LogP contribution in [-0.2, 0) is 5.41 Å². The highest BCUT2D eigenvalue weighted by Gasteiger charge is 2.51. The topological polar surface area (TPSA) is 47.9 Å². The highest BCUT2D eigenvalue weighted by Crippen LogP contribution is 2.62. The van der Waals surface area contributed by atoms with E-state index < -0.39 is 5.41 Å². The molecule has 0 N–H and O–H groups in total. The van der Waals surface area contributed by atoms with E-state index in [9.17, 15) is 0 Å². The second-order valence-corrected chi connectivity index (χ2v) is 15.1. The molecule has 270 valence electrons. The first-order chi connectivity index (χ1) is 28.7. The number of rotatable bonds is 4. The summed E-state index contributed by atoms with van der Waals surface area (Å²) in [4.78, 5) is 15.2. The Balaban J connectivity index is 1.13. The molecule has 4 nitrogen and oxygen atoms in total. The zero-order valence-corrected chi connectivity index (χ0v) is 31.3. The van der Waals surface area contributed by atoms with Crippen molar-refractivity contribution >= 4 is 21.5 Å². The number of fused-ring (bicyclic) bond motifs is 11. The van der Waals surface area contributed by atoms with Crippen LogP contribution < -0.4 is 4.74 Å². The summed E-state index contributed by atoms with van der Waals surface area (Å²) in [5, 5.41) is 4.60. The molecule has 0 fully saturated rings. The molecule has 0 bridgehead atoms. The Bertz CT molecular complexity index is 3220. The van der Waals surface area contributed by atoms with E-state index in [1.54, 1.807) is 0 Å². The molecule has 12 rings (SSSR count). The molecule has 0 radical (unpaired) electrons. The van der Waals surface area contributed by atoms with Crippen LogP contribution in [0.3, 0.4) is 0 Å². The van der Waals surface area contributed by atoms with E-state index in [2.05, 4.69) is 175 Å². The van der Waals surface area contributed by atoms with Gasteiger partial charge in [-0.3, -0.25) is 4.98 Å². The lowest BCUT2D eigenvalue weighted by Crippen LogP contribution is -2.32. The van der Waals surface area contributed by atoms with E-state index in [1.807, 2.05) is 30.6 Å².